The summed E-state index contributed by atoms with van der Waals surface area (Å²) in [4.78, 5) is 15.2. The van der Waals surface area contributed by atoms with Crippen molar-refractivity contribution in [3.05, 3.63) is 88.7 Å². The fourth-order valence-corrected chi connectivity index (χ4v) is 4.83. The van der Waals surface area contributed by atoms with E-state index in [2.05, 4.69) is 28.4 Å². The molecule has 0 saturated heterocycles. The highest BCUT2D eigenvalue weighted by atomic mass is 16.3. The summed E-state index contributed by atoms with van der Waals surface area (Å²) in [7, 11) is 1.88. The zero-order valence-electron chi connectivity index (χ0n) is 19.3. The zero-order chi connectivity index (χ0) is 24.1. The van der Waals surface area contributed by atoms with Crippen molar-refractivity contribution in [3.63, 3.8) is 0 Å². The maximum atomic E-state index is 13.4. The molecule has 0 atom stereocenters. The van der Waals surface area contributed by atoms with Gasteiger partial charge in [-0.25, -0.2) is 0 Å². The number of aliphatic hydroxyl groups excluding tert-OH is 1. The second-order valence-electron chi connectivity index (χ2n) is 9.27. The first-order valence-electron chi connectivity index (χ1n) is 11.6. The summed E-state index contributed by atoms with van der Waals surface area (Å²) in [5.74, 6) is 1.12. The number of hydrogen-bond donors (Lipinski definition) is 1. The van der Waals surface area contributed by atoms with Crippen LogP contribution in [0.1, 0.15) is 51.4 Å². The van der Waals surface area contributed by atoms with Crippen LogP contribution in [0.25, 0.3) is 22.5 Å². The molecular formula is C28H23N5O2. The van der Waals surface area contributed by atoms with Crippen molar-refractivity contribution in [2.45, 2.75) is 31.9 Å². The molecule has 0 bridgehead atoms. The minimum atomic E-state index is -0.0919. The van der Waals surface area contributed by atoms with Gasteiger partial charge in [0.1, 0.15) is 6.33 Å². The lowest BCUT2D eigenvalue weighted by atomic mass is 9.94. The van der Waals surface area contributed by atoms with Gasteiger partial charge in [0.25, 0.3) is 5.91 Å². The number of aliphatic hydroxyl groups is 1. The Morgan fingerprint density at radius 1 is 1.06 bits per heavy atom. The molecule has 2 heterocycles. The number of amides is 1. The number of nitriles is 1. The number of carbonyl (C=O) groups is 1. The van der Waals surface area contributed by atoms with E-state index in [9.17, 15) is 15.2 Å². The van der Waals surface area contributed by atoms with Gasteiger partial charge in [0, 0.05) is 23.9 Å². The summed E-state index contributed by atoms with van der Waals surface area (Å²) in [6.07, 6.45) is 3.92. The predicted molar refractivity (Wildman–Crippen MR) is 131 cm³/mol. The average Bonchev–Trinajstić information content (AvgIpc) is 3.58. The topological polar surface area (TPSA) is 95.0 Å². The van der Waals surface area contributed by atoms with Crippen LogP contribution >= 0.6 is 0 Å². The van der Waals surface area contributed by atoms with Gasteiger partial charge in [-0.3, -0.25) is 4.79 Å². The van der Waals surface area contributed by atoms with Crippen LogP contribution in [0.15, 0.2) is 60.9 Å². The summed E-state index contributed by atoms with van der Waals surface area (Å²) in [5.41, 5.74) is 7.70. The van der Waals surface area contributed by atoms with Crippen LogP contribution in [0.3, 0.4) is 0 Å². The molecule has 0 unspecified atom stereocenters. The van der Waals surface area contributed by atoms with Gasteiger partial charge in [0.2, 0.25) is 0 Å². The fraction of sp³-hybridized carbons (Fsp3) is 0.214. The van der Waals surface area contributed by atoms with Crippen molar-refractivity contribution in [3.8, 4) is 28.6 Å². The first kappa shape index (κ1) is 21.3. The van der Waals surface area contributed by atoms with E-state index in [1.54, 1.807) is 12.4 Å². The van der Waals surface area contributed by atoms with Crippen molar-refractivity contribution in [1.29, 1.82) is 5.26 Å². The van der Waals surface area contributed by atoms with Crippen molar-refractivity contribution in [2.24, 2.45) is 7.05 Å². The first-order valence-corrected chi connectivity index (χ1v) is 11.6. The molecule has 4 aromatic rings. The molecule has 1 aliphatic heterocycles. The largest absolute Gasteiger partial charge is 0.392 e. The number of aryl methyl sites for hydroxylation is 1. The number of carbonyl (C=O) groups excluding carboxylic acids is 1. The van der Waals surface area contributed by atoms with Crippen LogP contribution in [-0.2, 0) is 20.2 Å². The molecule has 7 heteroatoms. The molecule has 1 fully saturated rings. The van der Waals surface area contributed by atoms with E-state index >= 15 is 0 Å². The SMILES string of the molecule is Cn1cnnc1-c1cc(C#N)ccc1-c1cc(C2CC2)cc(N2Cc3ccc(CO)cc3C2=O)c1. The standard InChI is InChI=1S/C28H23N5O2/c1-32-16-30-31-27(32)26-8-17(13-29)3-7-24(26)22-10-21(19-5-6-19)11-23(12-22)33-14-20-4-2-18(15-34)9-25(20)28(33)35/h2-4,7-12,16,19,34H,5-6,14-15H2,1H3. The average molecular weight is 462 g/mol. The predicted octanol–water partition coefficient (Wildman–Crippen LogP) is 4.55. The van der Waals surface area contributed by atoms with Crippen LogP contribution in [0, 0.1) is 11.3 Å². The summed E-state index contributed by atoms with van der Waals surface area (Å²) in [6.45, 7) is 0.405. The Kier molecular flexibility index (Phi) is 4.97. The molecule has 1 saturated carbocycles. The Bertz CT molecular complexity index is 1530. The van der Waals surface area contributed by atoms with E-state index in [-0.39, 0.29) is 12.5 Å². The normalized spacial score (nSPS) is 14.8. The van der Waals surface area contributed by atoms with Crippen LogP contribution in [-0.4, -0.2) is 25.8 Å². The lowest BCUT2D eigenvalue weighted by Crippen LogP contribution is -2.23. The van der Waals surface area contributed by atoms with Crippen molar-refractivity contribution >= 4 is 11.6 Å². The monoisotopic (exact) mass is 461 g/mol. The summed E-state index contributed by atoms with van der Waals surface area (Å²) in [5, 5.41) is 27.3. The second-order valence-corrected chi connectivity index (χ2v) is 9.27. The number of hydrogen-bond acceptors (Lipinski definition) is 5. The highest BCUT2D eigenvalue weighted by Gasteiger charge is 2.31. The van der Waals surface area contributed by atoms with E-state index in [0.717, 1.165) is 46.3 Å². The fourth-order valence-electron chi connectivity index (χ4n) is 4.83. The number of rotatable bonds is 5. The Morgan fingerprint density at radius 2 is 1.91 bits per heavy atom. The maximum absolute atomic E-state index is 13.4. The van der Waals surface area contributed by atoms with Gasteiger partial charge in [0.15, 0.2) is 5.82 Å². The van der Waals surface area contributed by atoms with Gasteiger partial charge in [-0.15, -0.1) is 10.2 Å². The summed E-state index contributed by atoms with van der Waals surface area (Å²) < 4.78 is 1.84. The lowest BCUT2D eigenvalue weighted by molar-refractivity contribution is 0.0996. The van der Waals surface area contributed by atoms with E-state index in [0.29, 0.717) is 29.4 Å². The number of nitrogens with zero attached hydrogens (tertiary/aromatic N) is 5. The highest BCUT2D eigenvalue weighted by molar-refractivity contribution is 6.10. The maximum Gasteiger partial charge on any atom is 0.258 e. The quantitative estimate of drug-likeness (QED) is 0.470. The third kappa shape index (κ3) is 3.69. The highest BCUT2D eigenvalue weighted by Crippen LogP contribution is 2.45. The molecule has 0 spiro atoms. The number of aromatic nitrogens is 3. The number of anilines is 1. The molecule has 0 radical (unpaired) electrons. The Labute approximate surface area is 202 Å². The smallest absolute Gasteiger partial charge is 0.258 e. The van der Waals surface area contributed by atoms with Crippen molar-refractivity contribution in [1.82, 2.24) is 14.8 Å². The van der Waals surface area contributed by atoms with Crippen LogP contribution in [0.4, 0.5) is 5.69 Å². The lowest BCUT2D eigenvalue weighted by Gasteiger charge is -2.20. The minimum Gasteiger partial charge on any atom is -0.392 e. The van der Waals surface area contributed by atoms with Crippen molar-refractivity contribution < 1.29 is 9.90 Å². The summed E-state index contributed by atoms with van der Waals surface area (Å²) >= 11 is 0. The molecule has 3 aromatic carbocycles. The van der Waals surface area contributed by atoms with E-state index in [1.165, 1.54) is 5.56 Å². The zero-order valence-corrected chi connectivity index (χ0v) is 19.3. The Hall–Kier alpha value is -4.28. The molecular weight excluding hydrogens is 438 g/mol. The molecule has 1 aliphatic carbocycles. The van der Waals surface area contributed by atoms with Gasteiger partial charge in [0.05, 0.1) is 24.8 Å². The van der Waals surface area contributed by atoms with Crippen molar-refractivity contribution in [2.75, 3.05) is 4.90 Å². The Balaban J connectivity index is 1.49. The van der Waals surface area contributed by atoms with E-state index in [1.807, 2.05) is 52.9 Å². The summed E-state index contributed by atoms with van der Waals surface area (Å²) in [6, 6.07) is 19.8. The van der Waals surface area contributed by atoms with Gasteiger partial charge in [-0.05, 0) is 76.9 Å². The molecule has 1 N–H and O–H groups in total. The molecule has 172 valence electrons. The first-order chi connectivity index (χ1) is 17.1. The molecule has 1 aromatic heterocycles. The van der Waals surface area contributed by atoms with Gasteiger partial charge >= 0.3 is 0 Å². The van der Waals surface area contributed by atoms with Crippen LogP contribution in [0.2, 0.25) is 0 Å². The molecule has 1 amide bonds. The van der Waals surface area contributed by atoms with Gasteiger partial charge in [-0.1, -0.05) is 24.3 Å². The van der Waals surface area contributed by atoms with Gasteiger partial charge in [-0.2, -0.15) is 5.26 Å². The van der Waals surface area contributed by atoms with E-state index < -0.39 is 0 Å². The number of fused-ring (bicyclic) bond motifs is 1. The third-order valence-electron chi connectivity index (χ3n) is 6.87. The molecule has 6 rings (SSSR count). The number of benzene rings is 3. The molecule has 2 aliphatic rings. The van der Waals surface area contributed by atoms with E-state index in [4.69, 9.17) is 0 Å². The van der Waals surface area contributed by atoms with Crippen LogP contribution in [0.5, 0.6) is 0 Å². The third-order valence-corrected chi connectivity index (χ3v) is 6.87. The van der Waals surface area contributed by atoms with Gasteiger partial charge < -0.3 is 14.6 Å². The van der Waals surface area contributed by atoms with Crippen LogP contribution < -0.4 is 4.90 Å². The minimum absolute atomic E-state index is 0.0532. The molecule has 35 heavy (non-hydrogen) atoms. The molecule has 7 nitrogen and oxygen atoms in total. The second kappa shape index (κ2) is 8.19. The Morgan fingerprint density at radius 3 is 2.63 bits per heavy atom.